The Morgan fingerprint density at radius 2 is 1.81 bits per heavy atom. The summed E-state index contributed by atoms with van der Waals surface area (Å²) in [4.78, 5) is 13.2. The molecule has 4 saturated carbocycles. The van der Waals surface area contributed by atoms with Crippen LogP contribution >= 0.6 is 0 Å². The molecule has 5 nitrogen and oxygen atoms in total. The minimum Gasteiger partial charge on any atom is -0.401 e. The van der Waals surface area contributed by atoms with Gasteiger partial charge in [0.2, 0.25) is 0 Å². The molecule has 4 N–H and O–H groups in total. The van der Waals surface area contributed by atoms with E-state index in [1.54, 1.807) is 13.1 Å². The second kappa shape index (κ2) is 10.5. The number of ketones is 1. The van der Waals surface area contributed by atoms with Crippen molar-refractivity contribution in [1.29, 1.82) is 0 Å². The lowest BCUT2D eigenvalue weighted by Crippen LogP contribution is -2.56. The number of hydrogen-bond donors (Lipinski definition) is 2. The number of carbonyl (C=O) groups is 1. The smallest absolute Gasteiger partial charge is 0.157 e. The van der Waals surface area contributed by atoms with Gasteiger partial charge < -0.3 is 15.5 Å². The molecule has 184 valence electrons. The topological polar surface area (TPSA) is 81.6 Å². The quantitative estimate of drug-likeness (QED) is 0.429. The average Bonchev–Trinajstić information content (AvgIpc) is 3.12. The van der Waals surface area contributed by atoms with Crippen LogP contribution < -0.4 is 11.6 Å². The van der Waals surface area contributed by atoms with Gasteiger partial charge in [-0.1, -0.05) is 33.6 Å². The summed E-state index contributed by atoms with van der Waals surface area (Å²) in [5.74, 6) is 9.56. The molecule has 0 radical (unpaired) electrons. The number of allylic oxidation sites excluding steroid dienone is 1. The number of nitrogens with two attached hydrogens (primary N) is 2. The van der Waals surface area contributed by atoms with Crippen molar-refractivity contribution in [3.8, 4) is 0 Å². The van der Waals surface area contributed by atoms with Crippen LogP contribution in [0.1, 0.15) is 91.9 Å². The molecular weight excluding hydrogens is 398 g/mol. The van der Waals surface area contributed by atoms with Crippen LogP contribution in [0.3, 0.4) is 0 Å². The van der Waals surface area contributed by atoms with Gasteiger partial charge >= 0.3 is 0 Å². The number of ether oxygens (including phenoxy) is 1. The summed E-state index contributed by atoms with van der Waals surface area (Å²) in [6.45, 7) is 9.43. The first kappa shape index (κ1) is 25.6. The summed E-state index contributed by atoms with van der Waals surface area (Å²) < 4.78 is 5.87. The highest BCUT2D eigenvalue weighted by Gasteiger charge is 2.61. The molecule has 0 spiro atoms. The van der Waals surface area contributed by atoms with Gasteiger partial charge in [-0.3, -0.25) is 4.79 Å². The summed E-state index contributed by atoms with van der Waals surface area (Å²) in [7, 11) is 1.90. The largest absolute Gasteiger partial charge is 0.401 e. The fourth-order valence-electron chi connectivity index (χ4n) is 8.75. The highest BCUT2D eigenvalue weighted by atomic mass is 16.5. The van der Waals surface area contributed by atoms with Gasteiger partial charge in [0.15, 0.2) is 5.78 Å². The van der Waals surface area contributed by atoms with Crippen molar-refractivity contribution in [3.63, 3.8) is 0 Å². The summed E-state index contributed by atoms with van der Waals surface area (Å²) in [6.07, 6.45) is 14.6. The first-order valence-electron chi connectivity index (χ1n) is 13.3. The molecule has 0 aromatic heterocycles. The maximum atomic E-state index is 13.2. The summed E-state index contributed by atoms with van der Waals surface area (Å²) in [5, 5.41) is 1.47. The minimum absolute atomic E-state index is 0.135. The van der Waals surface area contributed by atoms with Crippen LogP contribution in [0.4, 0.5) is 0 Å². The van der Waals surface area contributed by atoms with E-state index in [-0.39, 0.29) is 17.9 Å². The van der Waals surface area contributed by atoms with Crippen molar-refractivity contribution < 1.29 is 9.53 Å². The fourth-order valence-corrected chi connectivity index (χ4v) is 8.75. The van der Waals surface area contributed by atoms with E-state index in [2.05, 4.69) is 6.92 Å². The molecule has 0 heterocycles. The first-order valence-corrected chi connectivity index (χ1v) is 13.3. The van der Waals surface area contributed by atoms with Crippen molar-refractivity contribution in [1.82, 2.24) is 5.01 Å². The number of hydrogen-bond acceptors (Lipinski definition) is 5. The molecule has 4 aliphatic rings. The van der Waals surface area contributed by atoms with E-state index >= 15 is 0 Å². The Morgan fingerprint density at radius 3 is 2.50 bits per heavy atom. The van der Waals surface area contributed by atoms with Gasteiger partial charge in [-0.05, 0) is 92.8 Å². The normalized spacial score (nSPS) is 40.9. The number of Topliss-reactive ketones (excluding diaryl/α,β-unsaturated/α-hetero) is 1. The molecule has 4 rings (SSSR count). The lowest BCUT2D eigenvalue weighted by atomic mass is 9.44. The number of methoxy groups -OCH3 is 1. The van der Waals surface area contributed by atoms with E-state index in [0.29, 0.717) is 22.8 Å². The number of rotatable bonds is 6. The lowest BCUT2D eigenvalue weighted by molar-refractivity contribution is -0.150. The Bertz CT molecular complexity index is 672. The van der Waals surface area contributed by atoms with Crippen LogP contribution in [0.5, 0.6) is 0 Å². The second-order valence-corrected chi connectivity index (χ2v) is 11.2. The van der Waals surface area contributed by atoms with E-state index in [1.165, 1.54) is 62.8 Å². The highest BCUT2D eigenvalue weighted by molar-refractivity contribution is 5.84. The zero-order chi connectivity index (χ0) is 23.5. The molecule has 4 fully saturated rings. The van der Waals surface area contributed by atoms with Gasteiger partial charge in [-0.2, -0.15) is 0 Å². The zero-order valence-electron chi connectivity index (χ0n) is 21.4. The maximum absolute atomic E-state index is 13.2. The predicted molar refractivity (Wildman–Crippen MR) is 131 cm³/mol. The summed E-state index contributed by atoms with van der Waals surface area (Å²) in [6, 6.07) is 0. The van der Waals surface area contributed by atoms with Crippen LogP contribution in [-0.4, -0.2) is 31.1 Å². The molecule has 0 saturated heterocycles. The van der Waals surface area contributed by atoms with Crippen LogP contribution in [0.25, 0.3) is 0 Å². The number of fused-ring (bicyclic) bond motifs is 5. The second-order valence-electron chi connectivity index (χ2n) is 11.2. The minimum atomic E-state index is 0.135. The van der Waals surface area contributed by atoms with E-state index in [4.69, 9.17) is 16.3 Å². The van der Waals surface area contributed by atoms with Gasteiger partial charge in [0.25, 0.3) is 0 Å². The van der Waals surface area contributed by atoms with Gasteiger partial charge in [0.1, 0.15) is 0 Å². The third-order valence-corrected chi connectivity index (χ3v) is 9.79. The number of nitrogens with zero attached hydrogens (tertiary/aromatic N) is 1. The van der Waals surface area contributed by atoms with Crippen molar-refractivity contribution >= 4 is 5.78 Å². The molecule has 0 aromatic carbocycles. The van der Waals surface area contributed by atoms with E-state index in [9.17, 15) is 4.79 Å². The van der Waals surface area contributed by atoms with Gasteiger partial charge in [0, 0.05) is 24.9 Å². The molecule has 0 aromatic rings. The Morgan fingerprint density at radius 1 is 1.06 bits per heavy atom. The zero-order valence-corrected chi connectivity index (χ0v) is 21.4. The Hall–Kier alpha value is -1.07. The number of carbonyl (C=O) groups excluding carboxylic acids is 1. The lowest BCUT2D eigenvalue weighted by Gasteiger charge is -2.61. The van der Waals surface area contributed by atoms with Crippen molar-refractivity contribution in [2.75, 3.05) is 20.3 Å². The van der Waals surface area contributed by atoms with Crippen LogP contribution in [0, 0.1) is 40.4 Å². The molecule has 0 bridgehead atoms. The molecule has 5 heteroatoms. The van der Waals surface area contributed by atoms with Crippen molar-refractivity contribution in [2.45, 2.75) is 91.9 Å². The molecule has 4 aliphatic carbocycles. The maximum Gasteiger partial charge on any atom is 0.157 e. The third-order valence-electron chi connectivity index (χ3n) is 9.79. The molecule has 32 heavy (non-hydrogen) atoms. The van der Waals surface area contributed by atoms with E-state index in [1.807, 2.05) is 21.0 Å². The molecule has 7 unspecified atom stereocenters. The monoisotopic (exact) mass is 447 g/mol. The Kier molecular flexibility index (Phi) is 8.35. The van der Waals surface area contributed by atoms with Gasteiger partial charge in [-0.25, -0.2) is 5.84 Å². The van der Waals surface area contributed by atoms with Crippen molar-refractivity contribution in [2.24, 2.45) is 52.0 Å². The van der Waals surface area contributed by atoms with Crippen LogP contribution in [-0.2, 0) is 9.53 Å². The average molecular weight is 448 g/mol. The predicted octanol–water partition coefficient (Wildman–Crippen LogP) is 5.25. The van der Waals surface area contributed by atoms with Gasteiger partial charge in [0.05, 0.1) is 13.2 Å². The van der Waals surface area contributed by atoms with E-state index in [0.717, 1.165) is 30.8 Å². The number of hydrazine groups is 1. The summed E-state index contributed by atoms with van der Waals surface area (Å²) >= 11 is 0. The standard InChI is InChI=1S/C25H43N3O2.C2H6/c1-17(26)14-28(27)15-23(29)22-10-9-20-19-8-7-18-6-4-5-12-25(18,16-30-3)21(19)11-13-24(20,22)2;1-2/h14,18-22H,4-13,15-16,26-27H2,1-3H3;1-2H3/b17-14-;. The molecule has 7 atom stereocenters. The summed E-state index contributed by atoms with van der Waals surface area (Å²) in [5.41, 5.74) is 6.90. The Balaban J connectivity index is 0.00000141. The Labute approximate surface area is 196 Å². The van der Waals surface area contributed by atoms with Crippen LogP contribution in [0.15, 0.2) is 11.9 Å². The van der Waals surface area contributed by atoms with Crippen LogP contribution in [0.2, 0.25) is 0 Å². The van der Waals surface area contributed by atoms with Gasteiger partial charge in [-0.15, -0.1) is 0 Å². The molecular formula is C27H49N3O2. The van der Waals surface area contributed by atoms with Crippen molar-refractivity contribution in [3.05, 3.63) is 11.9 Å². The fraction of sp³-hybridized carbons (Fsp3) is 0.889. The first-order chi connectivity index (χ1) is 15.3. The SMILES string of the molecule is CC.COCC12CCCCC1CCC1C3CCC(C(=O)CN(N)/C=C(/C)N)C3(C)CCC12. The third kappa shape index (κ3) is 4.49. The molecule has 0 amide bonds. The molecule has 0 aliphatic heterocycles. The highest BCUT2D eigenvalue weighted by Crippen LogP contribution is 2.67. The van der Waals surface area contributed by atoms with E-state index < -0.39 is 0 Å².